The number of aromatic nitrogens is 1. The van der Waals surface area contributed by atoms with Gasteiger partial charge in [0.15, 0.2) is 11.5 Å². The SMILES string of the molecule is C=CCN=c1scc(-c2ccc(Cl)c(Cl)c2)n1/N=C/c1ccc2c(c1)OCO2. The van der Waals surface area contributed by atoms with Crippen LogP contribution in [0.3, 0.4) is 0 Å². The van der Waals surface area contributed by atoms with Gasteiger partial charge >= 0.3 is 0 Å². The van der Waals surface area contributed by atoms with Crippen LogP contribution in [0.15, 0.2) is 64.5 Å². The lowest BCUT2D eigenvalue weighted by atomic mass is 10.2. The second-order valence-corrected chi connectivity index (χ2v) is 7.48. The van der Waals surface area contributed by atoms with E-state index in [1.807, 2.05) is 35.7 Å². The van der Waals surface area contributed by atoms with Gasteiger partial charge in [-0.1, -0.05) is 35.3 Å². The van der Waals surface area contributed by atoms with Crippen LogP contribution in [-0.4, -0.2) is 24.2 Å². The summed E-state index contributed by atoms with van der Waals surface area (Å²) >= 11 is 13.7. The lowest BCUT2D eigenvalue weighted by Crippen LogP contribution is -2.12. The Labute approximate surface area is 175 Å². The standard InChI is InChI=1S/C20H15Cl2N3O2S/c1-2-7-23-20-25(17(11-28-20)14-4-5-15(21)16(22)9-14)24-10-13-3-6-18-19(8-13)27-12-26-18/h2-6,8-11H,1,7,12H2/b23-20?,24-10+. The first kappa shape index (κ1) is 18.8. The molecule has 0 amide bonds. The van der Waals surface area contributed by atoms with Crippen molar-refractivity contribution in [3.63, 3.8) is 0 Å². The van der Waals surface area contributed by atoms with Crippen LogP contribution < -0.4 is 14.3 Å². The molecule has 0 bridgehead atoms. The summed E-state index contributed by atoms with van der Waals surface area (Å²) in [4.78, 5) is 5.27. The summed E-state index contributed by atoms with van der Waals surface area (Å²) in [6, 6.07) is 11.2. The zero-order chi connectivity index (χ0) is 19.5. The highest BCUT2D eigenvalue weighted by Gasteiger charge is 2.13. The summed E-state index contributed by atoms with van der Waals surface area (Å²) in [6.07, 6.45) is 3.49. The van der Waals surface area contributed by atoms with E-state index >= 15 is 0 Å². The zero-order valence-corrected chi connectivity index (χ0v) is 17.0. The first-order valence-electron chi connectivity index (χ1n) is 8.37. The molecule has 0 aliphatic carbocycles. The second-order valence-electron chi connectivity index (χ2n) is 5.83. The Hall–Kier alpha value is -2.54. The van der Waals surface area contributed by atoms with Gasteiger partial charge in [0, 0.05) is 10.9 Å². The van der Waals surface area contributed by atoms with Crippen LogP contribution in [0.2, 0.25) is 10.0 Å². The second kappa shape index (κ2) is 8.22. The molecule has 5 nitrogen and oxygen atoms in total. The predicted octanol–water partition coefficient (Wildman–Crippen LogP) is 5.22. The van der Waals surface area contributed by atoms with Crippen LogP contribution in [0.5, 0.6) is 11.5 Å². The third kappa shape index (κ3) is 3.85. The number of hydrogen-bond acceptors (Lipinski definition) is 5. The van der Waals surface area contributed by atoms with Gasteiger partial charge in [0.25, 0.3) is 0 Å². The van der Waals surface area contributed by atoms with Crippen LogP contribution >= 0.6 is 34.5 Å². The lowest BCUT2D eigenvalue weighted by Gasteiger charge is -2.05. The molecule has 28 heavy (non-hydrogen) atoms. The molecule has 1 aromatic heterocycles. The fourth-order valence-corrected chi connectivity index (χ4v) is 3.78. The van der Waals surface area contributed by atoms with Crippen molar-refractivity contribution in [3.8, 4) is 22.8 Å². The van der Waals surface area contributed by atoms with Crippen molar-refractivity contribution in [2.75, 3.05) is 13.3 Å². The minimum Gasteiger partial charge on any atom is -0.454 e. The number of thiazole rings is 1. The summed E-state index contributed by atoms with van der Waals surface area (Å²) in [5, 5.41) is 7.62. The third-order valence-electron chi connectivity index (χ3n) is 3.98. The van der Waals surface area contributed by atoms with Crippen LogP contribution in [0.25, 0.3) is 11.3 Å². The largest absolute Gasteiger partial charge is 0.454 e. The van der Waals surface area contributed by atoms with Gasteiger partial charge in [0.1, 0.15) is 0 Å². The highest BCUT2D eigenvalue weighted by molar-refractivity contribution is 7.07. The van der Waals surface area contributed by atoms with Gasteiger partial charge in [0.2, 0.25) is 11.6 Å². The molecule has 0 atom stereocenters. The van der Waals surface area contributed by atoms with Crippen molar-refractivity contribution in [1.29, 1.82) is 0 Å². The Balaban J connectivity index is 1.76. The molecule has 0 fully saturated rings. The molecule has 2 aromatic carbocycles. The molecule has 1 aliphatic rings. The number of halogens is 2. The molecule has 4 rings (SSSR count). The van der Waals surface area contributed by atoms with Crippen molar-refractivity contribution >= 4 is 40.8 Å². The third-order valence-corrected chi connectivity index (χ3v) is 5.57. The topological polar surface area (TPSA) is 48.1 Å². The average Bonchev–Trinajstić information content (AvgIpc) is 3.33. The highest BCUT2D eigenvalue weighted by atomic mass is 35.5. The van der Waals surface area contributed by atoms with Gasteiger partial charge in [-0.3, -0.25) is 4.99 Å². The maximum absolute atomic E-state index is 6.19. The van der Waals surface area contributed by atoms with E-state index < -0.39 is 0 Å². The van der Waals surface area contributed by atoms with Crippen LogP contribution in [0, 0.1) is 0 Å². The molecule has 2 heterocycles. The molecule has 0 spiro atoms. The summed E-state index contributed by atoms with van der Waals surface area (Å²) in [5.41, 5.74) is 2.65. The van der Waals surface area contributed by atoms with Gasteiger partial charge < -0.3 is 9.47 Å². The van der Waals surface area contributed by atoms with Crippen molar-refractivity contribution in [2.45, 2.75) is 0 Å². The van der Waals surface area contributed by atoms with Crippen molar-refractivity contribution in [3.05, 3.63) is 74.8 Å². The zero-order valence-electron chi connectivity index (χ0n) is 14.6. The molecule has 0 radical (unpaired) electrons. The van der Waals surface area contributed by atoms with Crippen LogP contribution in [0.4, 0.5) is 0 Å². The van der Waals surface area contributed by atoms with Crippen molar-refractivity contribution < 1.29 is 9.47 Å². The van der Waals surface area contributed by atoms with Crippen molar-refractivity contribution in [1.82, 2.24) is 4.68 Å². The number of ether oxygens (including phenoxy) is 2. The maximum Gasteiger partial charge on any atom is 0.231 e. The quantitative estimate of drug-likeness (QED) is 0.410. The van der Waals surface area contributed by atoms with E-state index in [4.69, 9.17) is 32.7 Å². The van der Waals surface area contributed by atoms with E-state index in [1.165, 1.54) is 11.3 Å². The number of benzene rings is 2. The smallest absolute Gasteiger partial charge is 0.231 e. The Morgan fingerprint density at radius 1 is 1.11 bits per heavy atom. The van der Waals surface area contributed by atoms with E-state index in [2.05, 4.69) is 16.7 Å². The fraction of sp³-hybridized carbons (Fsp3) is 0.100. The predicted molar refractivity (Wildman–Crippen MR) is 114 cm³/mol. The van der Waals surface area contributed by atoms with Gasteiger partial charge in [-0.25, -0.2) is 4.68 Å². The molecule has 0 saturated carbocycles. The summed E-state index contributed by atoms with van der Waals surface area (Å²) in [7, 11) is 0. The fourth-order valence-electron chi connectivity index (χ4n) is 2.63. The van der Waals surface area contributed by atoms with Gasteiger partial charge in [-0.15, -0.1) is 17.9 Å². The first-order chi connectivity index (χ1) is 13.7. The Morgan fingerprint density at radius 2 is 1.96 bits per heavy atom. The van der Waals surface area contributed by atoms with E-state index in [1.54, 1.807) is 23.0 Å². The van der Waals surface area contributed by atoms with Gasteiger partial charge in [-0.05, 0) is 35.9 Å². The lowest BCUT2D eigenvalue weighted by molar-refractivity contribution is 0.174. The monoisotopic (exact) mass is 431 g/mol. The molecule has 1 aliphatic heterocycles. The molecule has 3 aromatic rings. The van der Waals surface area contributed by atoms with Crippen molar-refractivity contribution in [2.24, 2.45) is 10.1 Å². The molecule has 142 valence electrons. The van der Waals surface area contributed by atoms with E-state index in [9.17, 15) is 0 Å². The normalized spacial score (nSPS) is 13.4. The highest BCUT2D eigenvalue weighted by Crippen LogP contribution is 2.32. The van der Waals surface area contributed by atoms with Crippen LogP contribution in [0.1, 0.15) is 5.56 Å². The molecule has 0 N–H and O–H groups in total. The Bertz CT molecular complexity index is 1130. The molecule has 0 unspecified atom stereocenters. The minimum atomic E-state index is 0.237. The summed E-state index contributed by atoms with van der Waals surface area (Å²) in [5.74, 6) is 1.44. The summed E-state index contributed by atoms with van der Waals surface area (Å²) < 4.78 is 12.5. The van der Waals surface area contributed by atoms with Gasteiger partial charge in [0.05, 0.1) is 28.5 Å². The Morgan fingerprint density at radius 3 is 2.79 bits per heavy atom. The minimum absolute atomic E-state index is 0.237. The number of rotatable bonds is 5. The molecule has 0 saturated heterocycles. The Kier molecular flexibility index (Phi) is 5.52. The average molecular weight is 432 g/mol. The van der Waals surface area contributed by atoms with Gasteiger partial charge in [-0.2, -0.15) is 5.10 Å². The number of hydrogen-bond donors (Lipinski definition) is 0. The first-order valence-corrected chi connectivity index (χ1v) is 10.0. The number of fused-ring (bicyclic) bond motifs is 1. The van der Waals surface area contributed by atoms with E-state index in [-0.39, 0.29) is 6.79 Å². The molecular formula is C20H15Cl2N3O2S. The summed E-state index contributed by atoms with van der Waals surface area (Å²) in [6.45, 7) is 4.46. The van der Waals surface area contributed by atoms with E-state index in [0.29, 0.717) is 22.3 Å². The number of nitrogens with zero attached hydrogens (tertiary/aromatic N) is 3. The van der Waals surface area contributed by atoms with E-state index in [0.717, 1.165) is 27.4 Å². The molecular weight excluding hydrogens is 417 g/mol. The van der Waals surface area contributed by atoms with Crippen LogP contribution in [-0.2, 0) is 0 Å². The maximum atomic E-state index is 6.19. The molecule has 8 heteroatoms.